The monoisotopic (exact) mass is 655 g/mol. The van der Waals surface area contributed by atoms with Crippen molar-refractivity contribution in [3.05, 3.63) is 106 Å². The van der Waals surface area contributed by atoms with Crippen LogP contribution >= 0.6 is 23.2 Å². The van der Waals surface area contributed by atoms with E-state index < -0.39 is 0 Å². The highest BCUT2D eigenvalue weighted by atomic mass is 35.5. The van der Waals surface area contributed by atoms with E-state index in [0.717, 1.165) is 54.0 Å². The minimum Gasteiger partial charge on any atom is -0.375 e. The van der Waals surface area contributed by atoms with E-state index in [1.807, 2.05) is 61.5 Å². The zero-order valence-corrected chi connectivity index (χ0v) is 28.0. The SMILES string of the molecule is CC(Nc1c(C#N)cnc2c(Cl)cc(N[C@H](C3=CN(C4CCN(C(C)(C)C)CC4)NN3)c3ccc(Cl)cc3)cc12)c1ccccn1. The maximum absolute atomic E-state index is 10.0. The van der Waals surface area contributed by atoms with Gasteiger partial charge in [0.25, 0.3) is 0 Å². The van der Waals surface area contributed by atoms with Crippen LogP contribution in [0.3, 0.4) is 0 Å². The van der Waals surface area contributed by atoms with Crippen LogP contribution in [0.5, 0.6) is 0 Å². The Hall–Kier alpha value is -4.07. The van der Waals surface area contributed by atoms with Crippen molar-refractivity contribution in [3.8, 4) is 6.07 Å². The highest BCUT2D eigenvalue weighted by Gasteiger charge is 2.32. The summed E-state index contributed by atoms with van der Waals surface area (Å²) in [4.78, 5) is 11.6. The fourth-order valence-corrected chi connectivity index (χ4v) is 6.56. The number of nitrogens with one attached hydrogen (secondary N) is 4. The Labute approximate surface area is 280 Å². The third-order valence-corrected chi connectivity index (χ3v) is 9.32. The van der Waals surface area contributed by atoms with Gasteiger partial charge in [0.2, 0.25) is 0 Å². The molecule has 4 aromatic rings. The Balaban J connectivity index is 1.32. The molecular weight excluding hydrogens is 617 g/mol. The quantitative estimate of drug-likeness (QED) is 0.153. The summed E-state index contributed by atoms with van der Waals surface area (Å²) in [5, 5.41) is 21.3. The third kappa shape index (κ3) is 6.86. The largest absolute Gasteiger partial charge is 0.375 e. The van der Waals surface area contributed by atoms with Gasteiger partial charge in [-0.25, -0.2) is 0 Å². The Morgan fingerprint density at radius 1 is 1.02 bits per heavy atom. The second-order valence-corrected chi connectivity index (χ2v) is 13.7. The molecule has 11 heteroatoms. The number of likely N-dealkylation sites (tertiary alicyclic amines) is 1. The van der Waals surface area contributed by atoms with Gasteiger partial charge >= 0.3 is 0 Å². The van der Waals surface area contributed by atoms with Crippen LogP contribution in [0.1, 0.15) is 69.4 Å². The topological polar surface area (TPSA) is 104 Å². The lowest BCUT2D eigenvalue weighted by Crippen LogP contribution is -2.52. The summed E-state index contributed by atoms with van der Waals surface area (Å²) in [6.45, 7) is 11.0. The van der Waals surface area contributed by atoms with Crippen molar-refractivity contribution in [1.82, 2.24) is 30.8 Å². The van der Waals surface area contributed by atoms with Crippen molar-refractivity contribution < 1.29 is 0 Å². The molecular formula is C35H39Cl2N9. The van der Waals surface area contributed by atoms with E-state index in [2.05, 4.69) is 74.5 Å². The average Bonchev–Trinajstić information content (AvgIpc) is 3.55. The molecule has 2 aliphatic heterocycles. The highest BCUT2D eigenvalue weighted by Crippen LogP contribution is 2.37. The molecule has 2 aromatic heterocycles. The number of aromatic nitrogens is 2. The molecule has 0 aliphatic carbocycles. The minimum atomic E-state index is -0.256. The number of nitrogens with zero attached hydrogens (tertiary/aromatic N) is 5. The Bertz CT molecular complexity index is 1760. The molecule has 46 heavy (non-hydrogen) atoms. The molecule has 4 heterocycles. The van der Waals surface area contributed by atoms with Gasteiger partial charge in [-0.2, -0.15) is 5.26 Å². The van der Waals surface area contributed by atoms with Crippen molar-refractivity contribution in [3.63, 3.8) is 0 Å². The maximum Gasteiger partial charge on any atom is 0.103 e. The van der Waals surface area contributed by atoms with Crippen molar-refractivity contribution in [1.29, 1.82) is 5.26 Å². The Kier molecular flexibility index (Phi) is 9.25. The fourth-order valence-electron chi connectivity index (χ4n) is 6.17. The second-order valence-electron chi connectivity index (χ2n) is 12.9. The molecule has 0 spiro atoms. The number of nitriles is 1. The number of anilines is 2. The molecule has 0 saturated carbocycles. The zero-order valence-electron chi connectivity index (χ0n) is 26.5. The number of rotatable bonds is 8. The van der Waals surface area contributed by atoms with Crippen LogP contribution in [0.15, 0.2) is 78.9 Å². The molecule has 9 nitrogen and oxygen atoms in total. The van der Waals surface area contributed by atoms with Crippen molar-refractivity contribution >= 4 is 45.5 Å². The molecule has 1 fully saturated rings. The van der Waals surface area contributed by atoms with Gasteiger partial charge < -0.3 is 16.1 Å². The van der Waals surface area contributed by atoms with Crippen molar-refractivity contribution in [2.75, 3.05) is 23.7 Å². The number of fused-ring (bicyclic) bond motifs is 1. The van der Waals surface area contributed by atoms with Crippen LogP contribution < -0.4 is 21.6 Å². The molecule has 238 valence electrons. The average molecular weight is 657 g/mol. The first-order valence-corrected chi connectivity index (χ1v) is 16.3. The summed E-state index contributed by atoms with van der Waals surface area (Å²) in [5.41, 5.74) is 12.3. The lowest BCUT2D eigenvalue weighted by molar-refractivity contribution is 0.0570. The van der Waals surface area contributed by atoms with Crippen LogP contribution in [-0.2, 0) is 0 Å². The van der Waals surface area contributed by atoms with Crippen LogP contribution in [0.4, 0.5) is 11.4 Å². The molecule has 0 radical (unpaired) electrons. The van der Waals surface area contributed by atoms with E-state index in [1.165, 1.54) is 0 Å². The van der Waals surface area contributed by atoms with Gasteiger partial charge in [0.05, 0.1) is 45.3 Å². The van der Waals surface area contributed by atoms with Gasteiger partial charge in [-0.15, -0.1) is 5.53 Å². The summed E-state index contributed by atoms with van der Waals surface area (Å²) in [5.74, 6) is 0. The molecule has 4 N–H and O–H groups in total. The van der Waals surface area contributed by atoms with E-state index in [1.54, 1.807) is 12.4 Å². The number of hydrogen-bond acceptors (Lipinski definition) is 9. The predicted octanol–water partition coefficient (Wildman–Crippen LogP) is 7.56. The lowest BCUT2D eigenvalue weighted by Gasteiger charge is -2.42. The summed E-state index contributed by atoms with van der Waals surface area (Å²) < 4.78 is 0. The smallest absolute Gasteiger partial charge is 0.103 e. The molecule has 2 aliphatic rings. The summed E-state index contributed by atoms with van der Waals surface area (Å²) >= 11 is 13.1. The van der Waals surface area contributed by atoms with E-state index in [9.17, 15) is 5.26 Å². The van der Waals surface area contributed by atoms with Crippen LogP contribution in [0, 0.1) is 11.3 Å². The van der Waals surface area contributed by atoms with Crippen LogP contribution in [0.2, 0.25) is 10.0 Å². The lowest BCUT2D eigenvalue weighted by atomic mass is 9.98. The maximum atomic E-state index is 10.0. The highest BCUT2D eigenvalue weighted by molar-refractivity contribution is 6.36. The zero-order chi connectivity index (χ0) is 32.4. The Morgan fingerprint density at radius 2 is 1.78 bits per heavy atom. The number of benzene rings is 2. The molecule has 6 rings (SSSR count). The van der Waals surface area contributed by atoms with Gasteiger partial charge in [0, 0.05) is 59.4 Å². The third-order valence-electron chi connectivity index (χ3n) is 8.78. The predicted molar refractivity (Wildman–Crippen MR) is 186 cm³/mol. The summed E-state index contributed by atoms with van der Waals surface area (Å²) in [7, 11) is 0. The molecule has 1 unspecified atom stereocenters. The van der Waals surface area contributed by atoms with Crippen LogP contribution in [0.25, 0.3) is 10.9 Å². The number of hydrazine groups is 2. The normalized spacial score (nSPS) is 17.2. The van der Waals surface area contributed by atoms with Crippen molar-refractivity contribution in [2.45, 2.75) is 64.2 Å². The molecule has 0 bridgehead atoms. The van der Waals surface area contributed by atoms with E-state index in [0.29, 0.717) is 32.9 Å². The molecule has 0 amide bonds. The van der Waals surface area contributed by atoms with Gasteiger partial charge in [0.15, 0.2) is 0 Å². The number of pyridine rings is 2. The Morgan fingerprint density at radius 3 is 2.46 bits per heavy atom. The standard InChI is InChI=1S/C35H39Cl2N9/c1-22(30-7-5-6-14-39-30)41-32-24(19-38)20-40-34-28(32)17-26(18-29(34)37)42-33(23-8-10-25(36)11-9-23)31-21-46(44-43-31)27-12-15-45(16-13-27)35(2,3)4/h5-11,14,17-18,20-22,27,33,42-44H,12-13,15-16H2,1-4H3,(H,40,41)/t22?,33-/m0/s1. The molecule has 2 atom stereocenters. The van der Waals surface area contributed by atoms with Crippen LogP contribution in [-0.4, -0.2) is 44.5 Å². The van der Waals surface area contributed by atoms with E-state index >= 15 is 0 Å². The number of hydrogen-bond donors (Lipinski definition) is 4. The van der Waals surface area contributed by atoms with E-state index in [-0.39, 0.29) is 17.6 Å². The minimum absolute atomic E-state index is 0.156. The van der Waals surface area contributed by atoms with Gasteiger partial charge in [0.1, 0.15) is 6.07 Å². The first-order chi connectivity index (χ1) is 22.1. The van der Waals surface area contributed by atoms with E-state index in [4.69, 9.17) is 23.2 Å². The van der Waals surface area contributed by atoms with Gasteiger partial charge in [-0.05, 0) is 82.5 Å². The van der Waals surface area contributed by atoms with Crippen molar-refractivity contribution in [2.24, 2.45) is 0 Å². The number of halogens is 2. The first kappa shape index (κ1) is 31.9. The fraction of sp³-hybridized carbons (Fsp3) is 0.343. The molecule has 1 saturated heterocycles. The van der Waals surface area contributed by atoms with Gasteiger partial charge in [-0.1, -0.05) is 41.4 Å². The molecule has 2 aromatic carbocycles. The number of piperidine rings is 1. The van der Waals surface area contributed by atoms with Gasteiger partial charge in [-0.3, -0.25) is 19.9 Å². The summed E-state index contributed by atoms with van der Waals surface area (Å²) in [6.07, 6.45) is 7.61. The summed E-state index contributed by atoms with van der Waals surface area (Å²) in [6, 6.07) is 19.7. The second kappa shape index (κ2) is 13.3. The first-order valence-electron chi connectivity index (χ1n) is 15.6.